The van der Waals surface area contributed by atoms with Gasteiger partial charge in [0.05, 0.1) is 0 Å². The Morgan fingerprint density at radius 2 is 2.16 bits per heavy atom. The summed E-state index contributed by atoms with van der Waals surface area (Å²) in [7, 11) is 0. The second kappa shape index (κ2) is 8.97. The minimum atomic E-state index is -0.0526. The molecule has 1 amide bonds. The van der Waals surface area contributed by atoms with E-state index in [4.69, 9.17) is 0 Å². The molecule has 0 spiro atoms. The first-order valence-corrected chi connectivity index (χ1v) is 8.86. The van der Waals surface area contributed by atoms with Crippen LogP contribution in [0.4, 0.5) is 5.82 Å². The fourth-order valence-electron chi connectivity index (χ4n) is 2.93. The van der Waals surface area contributed by atoms with Gasteiger partial charge in [0.1, 0.15) is 5.82 Å². The lowest BCUT2D eigenvalue weighted by Gasteiger charge is -2.13. The number of rotatable bonds is 7. The highest BCUT2D eigenvalue weighted by atomic mass is 16.1. The second-order valence-corrected chi connectivity index (χ2v) is 6.26. The molecule has 130 valence electrons. The van der Waals surface area contributed by atoms with E-state index in [1.54, 1.807) is 24.5 Å². The van der Waals surface area contributed by atoms with Crippen molar-refractivity contribution in [3.63, 3.8) is 0 Å². The molecule has 0 saturated carbocycles. The van der Waals surface area contributed by atoms with Crippen molar-refractivity contribution in [3.05, 3.63) is 65.6 Å². The van der Waals surface area contributed by atoms with E-state index in [0.29, 0.717) is 24.5 Å². The highest BCUT2D eigenvalue weighted by Gasteiger charge is 2.08. The Kier molecular flexibility index (Phi) is 6.15. The highest BCUT2D eigenvalue weighted by molar-refractivity contribution is 5.94. The van der Waals surface area contributed by atoms with E-state index in [1.807, 2.05) is 18.3 Å². The van der Waals surface area contributed by atoms with Crippen molar-refractivity contribution in [2.75, 3.05) is 11.9 Å². The topological polar surface area (TPSA) is 66.9 Å². The first kappa shape index (κ1) is 17.1. The third-order valence-corrected chi connectivity index (χ3v) is 4.34. The Labute approximate surface area is 148 Å². The van der Waals surface area contributed by atoms with Crippen LogP contribution in [0.1, 0.15) is 48.0 Å². The summed E-state index contributed by atoms with van der Waals surface area (Å²) in [5.74, 6) is 0.634. The molecule has 0 bridgehead atoms. The lowest BCUT2D eigenvalue weighted by atomic mass is 9.97. The Morgan fingerprint density at radius 1 is 1.20 bits per heavy atom. The van der Waals surface area contributed by atoms with E-state index in [-0.39, 0.29) is 5.91 Å². The average molecular weight is 336 g/mol. The summed E-state index contributed by atoms with van der Waals surface area (Å²) in [6, 6.07) is 7.42. The van der Waals surface area contributed by atoms with Crippen LogP contribution in [-0.2, 0) is 6.54 Å². The molecule has 0 saturated heterocycles. The van der Waals surface area contributed by atoms with Crippen LogP contribution in [0.3, 0.4) is 0 Å². The number of amides is 1. The standard InChI is InChI=1S/C20H24N4O/c25-20(23-11-8-16-5-2-1-3-6-16)18-9-12-22-19(13-18)24-15-17-7-4-10-21-14-17/h4-5,7,9-10,12-14H,1-3,6,8,11,15H2,(H,22,24)(H,23,25). The molecule has 5 nitrogen and oxygen atoms in total. The summed E-state index contributed by atoms with van der Waals surface area (Å²) >= 11 is 0. The van der Waals surface area contributed by atoms with Crippen molar-refractivity contribution in [3.8, 4) is 0 Å². The summed E-state index contributed by atoms with van der Waals surface area (Å²) < 4.78 is 0. The lowest BCUT2D eigenvalue weighted by molar-refractivity contribution is 0.0954. The van der Waals surface area contributed by atoms with Crippen LogP contribution < -0.4 is 10.6 Å². The Balaban J connectivity index is 1.49. The Bertz CT molecular complexity index is 727. The van der Waals surface area contributed by atoms with E-state index in [2.05, 4.69) is 26.7 Å². The molecule has 3 rings (SSSR count). The Hall–Kier alpha value is -2.69. The van der Waals surface area contributed by atoms with Gasteiger partial charge in [0.2, 0.25) is 0 Å². The SMILES string of the molecule is O=C(NCCC1=CCCCC1)c1ccnc(NCc2cccnc2)c1. The molecule has 2 N–H and O–H groups in total. The first-order valence-electron chi connectivity index (χ1n) is 8.86. The number of aromatic nitrogens is 2. The Morgan fingerprint density at radius 3 is 2.96 bits per heavy atom. The average Bonchev–Trinajstić information content (AvgIpc) is 2.68. The number of allylic oxidation sites excluding steroid dienone is 1. The third kappa shape index (κ3) is 5.41. The molecule has 25 heavy (non-hydrogen) atoms. The highest BCUT2D eigenvalue weighted by Crippen LogP contribution is 2.19. The molecule has 2 aromatic heterocycles. The van der Waals surface area contributed by atoms with Crippen molar-refractivity contribution in [1.29, 1.82) is 0 Å². The zero-order valence-corrected chi connectivity index (χ0v) is 14.4. The summed E-state index contributed by atoms with van der Waals surface area (Å²) in [4.78, 5) is 20.7. The molecule has 1 aliphatic carbocycles. The maximum absolute atomic E-state index is 12.3. The quantitative estimate of drug-likeness (QED) is 0.757. The fourth-order valence-corrected chi connectivity index (χ4v) is 2.93. The van der Waals surface area contributed by atoms with Gasteiger partial charge in [-0.15, -0.1) is 0 Å². The summed E-state index contributed by atoms with van der Waals surface area (Å²) in [5.41, 5.74) is 3.17. The predicted molar refractivity (Wildman–Crippen MR) is 99.3 cm³/mol. The molecular formula is C20H24N4O. The zero-order chi connectivity index (χ0) is 17.3. The van der Waals surface area contributed by atoms with Gasteiger partial charge in [-0.05, 0) is 55.9 Å². The number of hydrogen-bond donors (Lipinski definition) is 2. The van der Waals surface area contributed by atoms with Gasteiger partial charge in [-0.1, -0.05) is 17.7 Å². The third-order valence-electron chi connectivity index (χ3n) is 4.34. The van der Waals surface area contributed by atoms with Crippen molar-refractivity contribution in [2.45, 2.75) is 38.6 Å². The number of pyridine rings is 2. The molecular weight excluding hydrogens is 312 g/mol. The molecule has 0 aromatic carbocycles. The van der Waals surface area contributed by atoms with Gasteiger partial charge in [-0.2, -0.15) is 0 Å². The number of carbonyl (C=O) groups is 1. The molecule has 1 aliphatic rings. The summed E-state index contributed by atoms with van der Waals surface area (Å²) in [6.07, 6.45) is 13.4. The smallest absolute Gasteiger partial charge is 0.251 e. The van der Waals surface area contributed by atoms with Gasteiger partial charge in [0.25, 0.3) is 5.91 Å². The number of nitrogens with zero attached hydrogens (tertiary/aromatic N) is 2. The van der Waals surface area contributed by atoms with Crippen molar-refractivity contribution < 1.29 is 4.79 Å². The van der Waals surface area contributed by atoms with E-state index in [1.165, 1.54) is 31.3 Å². The number of hydrogen-bond acceptors (Lipinski definition) is 4. The van der Waals surface area contributed by atoms with E-state index >= 15 is 0 Å². The lowest BCUT2D eigenvalue weighted by Crippen LogP contribution is -2.25. The number of nitrogens with one attached hydrogen (secondary N) is 2. The van der Waals surface area contributed by atoms with Crippen molar-refractivity contribution in [2.24, 2.45) is 0 Å². The largest absolute Gasteiger partial charge is 0.366 e. The van der Waals surface area contributed by atoms with Crippen molar-refractivity contribution >= 4 is 11.7 Å². The molecule has 2 heterocycles. The molecule has 0 fully saturated rings. The van der Waals surface area contributed by atoms with Gasteiger partial charge >= 0.3 is 0 Å². The maximum atomic E-state index is 12.3. The van der Waals surface area contributed by atoms with Crippen LogP contribution in [0.25, 0.3) is 0 Å². The van der Waals surface area contributed by atoms with Crippen LogP contribution in [-0.4, -0.2) is 22.4 Å². The number of carbonyl (C=O) groups excluding carboxylic acids is 1. The molecule has 0 atom stereocenters. The number of anilines is 1. The van der Waals surface area contributed by atoms with Crippen LogP contribution in [0.2, 0.25) is 0 Å². The van der Waals surface area contributed by atoms with Crippen LogP contribution >= 0.6 is 0 Å². The van der Waals surface area contributed by atoms with E-state index in [9.17, 15) is 4.79 Å². The normalized spacial score (nSPS) is 13.8. The summed E-state index contributed by atoms with van der Waals surface area (Å²) in [6.45, 7) is 1.31. The zero-order valence-electron chi connectivity index (χ0n) is 14.4. The van der Waals surface area contributed by atoms with E-state index in [0.717, 1.165) is 12.0 Å². The summed E-state index contributed by atoms with van der Waals surface area (Å²) in [5, 5.41) is 6.23. The molecule has 5 heteroatoms. The van der Waals surface area contributed by atoms with Gasteiger partial charge in [0, 0.05) is 37.2 Å². The van der Waals surface area contributed by atoms with Crippen LogP contribution in [0.15, 0.2) is 54.5 Å². The van der Waals surface area contributed by atoms with Gasteiger partial charge < -0.3 is 10.6 Å². The predicted octanol–water partition coefficient (Wildman–Crippen LogP) is 3.71. The van der Waals surface area contributed by atoms with Gasteiger partial charge in [-0.3, -0.25) is 9.78 Å². The molecule has 0 unspecified atom stereocenters. The van der Waals surface area contributed by atoms with Crippen LogP contribution in [0.5, 0.6) is 0 Å². The minimum absolute atomic E-state index is 0.0526. The first-order chi connectivity index (χ1) is 12.3. The van der Waals surface area contributed by atoms with Crippen LogP contribution in [0, 0.1) is 0 Å². The maximum Gasteiger partial charge on any atom is 0.251 e. The van der Waals surface area contributed by atoms with E-state index < -0.39 is 0 Å². The minimum Gasteiger partial charge on any atom is -0.366 e. The second-order valence-electron chi connectivity index (χ2n) is 6.26. The van der Waals surface area contributed by atoms with Crippen molar-refractivity contribution in [1.82, 2.24) is 15.3 Å². The molecule has 0 aliphatic heterocycles. The monoisotopic (exact) mass is 336 g/mol. The fraction of sp³-hybridized carbons (Fsp3) is 0.350. The molecule has 2 aromatic rings. The van der Waals surface area contributed by atoms with Gasteiger partial charge in [-0.25, -0.2) is 4.98 Å². The molecule has 0 radical (unpaired) electrons. The van der Waals surface area contributed by atoms with Gasteiger partial charge in [0.15, 0.2) is 0 Å².